The molecule has 0 aliphatic heterocycles. The minimum Gasteiger partial charge on any atom is -0.323 e. The Morgan fingerprint density at radius 3 is 2.32 bits per heavy atom. The van der Waals surface area contributed by atoms with Crippen molar-refractivity contribution in [2.75, 3.05) is 22.4 Å². The first-order chi connectivity index (χ1) is 12.8. The number of amides is 1. The van der Waals surface area contributed by atoms with Crippen LogP contribution in [-0.4, -0.2) is 27.1 Å². The van der Waals surface area contributed by atoms with E-state index in [1.54, 1.807) is 25.1 Å². The fourth-order valence-corrected chi connectivity index (χ4v) is 3.66. The molecule has 0 saturated heterocycles. The summed E-state index contributed by atoms with van der Waals surface area (Å²) in [6.07, 6.45) is -3.67. The fraction of sp³-hybridized carbons (Fsp3) is 0.278. The number of alkyl halides is 3. The lowest BCUT2D eigenvalue weighted by molar-refractivity contribution is -0.137. The Morgan fingerprint density at radius 1 is 1.14 bits per heavy atom. The van der Waals surface area contributed by atoms with Gasteiger partial charge in [0.25, 0.3) is 0 Å². The average Bonchev–Trinajstić information content (AvgIpc) is 2.53. The topological polar surface area (TPSA) is 66.5 Å². The number of rotatable bonds is 5. The number of nitrogens with one attached hydrogen (secondary N) is 1. The molecule has 28 heavy (non-hydrogen) atoms. The summed E-state index contributed by atoms with van der Waals surface area (Å²) in [7, 11) is -3.82. The molecule has 0 aromatic heterocycles. The van der Waals surface area contributed by atoms with E-state index in [4.69, 9.17) is 11.6 Å². The van der Waals surface area contributed by atoms with Crippen molar-refractivity contribution in [1.82, 2.24) is 0 Å². The maximum atomic E-state index is 12.9. The van der Waals surface area contributed by atoms with E-state index in [0.29, 0.717) is 17.3 Å². The lowest BCUT2D eigenvalue weighted by Gasteiger charge is -2.24. The van der Waals surface area contributed by atoms with E-state index in [2.05, 4.69) is 5.32 Å². The second-order valence-electron chi connectivity index (χ2n) is 6.30. The molecule has 0 atom stereocenters. The van der Waals surface area contributed by atoms with Crippen molar-refractivity contribution in [3.05, 3.63) is 58.1 Å². The Hall–Kier alpha value is -2.26. The summed E-state index contributed by atoms with van der Waals surface area (Å²) in [6.45, 7) is 2.92. The van der Waals surface area contributed by atoms with Crippen LogP contribution < -0.4 is 9.62 Å². The summed E-state index contributed by atoms with van der Waals surface area (Å²) >= 11 is 5.86. The van der Waals surface area contributed by atoms with Gasteiger partial charge in [-0.15, -0.1) is 0 Å². The Bertz CT molecular complexity index is 1010. The first-order valence-electron chi connectivity index (χ1n) is 8.00. The predicted molar refractivity (Wildman–Crippen MR) is 103 cm³/mol. The molecule has 0 aliphatic carbocycles. The molecule has 152 valence electrons. The number of halogens is 4. The van der Waals surface area contributed by atoms with Gasteiger partial charge in [0.1, 0.15) is 6.54 Å². The number of sulfonamides is 1. The number of aryl methyl sites for hydroxylation is 2. The van der Waals surface area contributed by atoms with Gasteiger partial charge in [-0.1, -0.05) is 29.3 Å². The standard InChI is InChI=1S/C18H18ClF3N2O3S/c1-11-4-7-16(12(2)8-11)24(28(3,26)27)10-17(25)23-15-9-13(18(20,21)22)5-6-14(15)19/h4-9H,10H2,1-3H3,(H,23,25). The summed E-state index contributed by atoms with van der Waals surface area (Å²) in [4.78, 5) is 12.4. The second-order valence-corrected chi connectivity index (χ2v) is 8.61. The molecule has 1 amide bonds. The predicted octanol–water partition coefficient (Wildman–Crippen LogP) is 4.38. The first-order valence-corrected chi connectivity index (χ1v) is 10.2. The van der Waals surface area contributed by atoms with E-state index >= 15 is 0 Å². The lowest BCUT2D eigenvalue weighted by atomic mass is 10.1. The highest BCUT2D eigenvalue weighted by atomic mass is 35.5. The summed E-state index contributed by atoms with van der Waals surface area (Å²) in [5.41, 5.74) is 0.612. The number of benzene rings is 2. The zero-order chi connectivity index (χ0) is 21.3. The molecule has 0 bridgehead atoms. The van der Waals surface area contributed by atoms with Crippen LogP contribution in [0.5, 0.6) is 0 Å². The molecule has 0 radical (unpaired) electrons. The largest absolute Gasteiger partial charge is 0.416 e. The van der Waals surface area contributed by atoms with E-state index in [1.807, 2.05) is 6.92 Å². The molecule has 2 aromatic rings. The van der Waals surface area contributed by atoms with Gasteiger partial charge in [-0.3, -0.25) is 9.10 Å². The Balaban J connectivity index is 2.31. The van der Waals surface area contributed by atoms with Crippen LogP contribution in [0.1, 0.15) is 16.7 Å². The normalized spacial score (nSPS) is 12.0. The van der Waals surface area contributed by atoms with E-state index in [-0.39, 0.29) is 10.7 Å². The molecular weight excluding hydrogens is 417 g/mol. The van der Waals surface area contributed by atoms with Crippen LogP contribution in [0.15, 0.2) is 36.4 Å². The molecule has 0 heterocycles. The van der Waals surface area contributed by atoms with Crippen molar-refractivity contribution < 1.29 is 26.4 Å². The quantitative estimate of drug-likeness (QED) is 0.759. The first kappa shape index (κ1) is 22.0. The molecule has 0 spiro atoms. The molecule has 5 nitrogen and oxygen atoms in total. The molecule has 0 fully saturated rings. The molecular formula is C18H18ClF3N2O3S. The lowest BCUT2D eigenvalue weighted by Crippen LogP contribution is -2.38. The Kier molecular flexibility index (Phi) is 6.30. The van der Waals surface area contributed by atoms with Crippen LogP contribution in [-0.2, 0) is 21.0 Å². The van der Waals surface area contributed by atoms with Crippen LogP contribution in [0.3, 0.4) is 0 Å². The van der Waals surface area contributed by atoms with Crippen molar-refractivity contribution in [1.29, 1.82) is 0 Å². The van der Waals surface area contributed by atoms with E-state index in [0.717, 1.165) is 28.3 Å². The molecule has 0 aliphatic rings. The fourth-order valence-electron chi connectivity index (χ4n) is 2.58. The highest BCUT2D eigenvalue weighted by Gasteiger charge is 2.31. The maximum absolute atomic E-state index is 12.9. The van der Waals surface area contributed by atoms with E-state index in [1.165, 1.54) is 0 Å². The second kappa shape index (κ2) is 8.00. The van der Waals surface area contributed by atoms with Crippen molar-refractivity contribution in [2.45, 2.75) is 20.0 Å². The molecule has 2 aromatic carbocycles. The van der Waals surface area contributed by atoms with Gasteiger partial charge in [-0.2, -0.15) is 13.2 Å². The third-order valence-corrected chi connectivity index (χ3v) is 5.33. The zero-order valence-electron chi connectivity index (χ0n) is 15.3. The third-order valence-electron chi connectivity index (χ3n) is 3.88. The molecule has 10 heteroatoms. The smallest absolute Gasteiger partial charge is 0.323 e. The van der Waals surface area contributed by atoms with Crippen LogP contribution in [0.2, 0.25) is 5.02 Å². The summed E-state index contributed by atoms with van der Waals surface area (Å²) < 4.78 is 63.8. The zero-order valence-corrected chi connectivity index (χ0v) is 16.8. The van der Waals surface area contributed by atoms with E-state index in [9.17, 15) is 26.4 Å². The minimum atomic E-state index is -4.61. The highest BCUT2D eigenvalue weighted by Crippen LogP contribution is 2.34. The van der Waals surface area contributed by atoms with Crippen molar-refractivity contribution >= 4 is 38.9 Å². The summed E-state index contributed by atoms with van der Waals surface area (Å²) in [5.74, 6) is -0.827. The minimum absolute atomic E-state index is 0.0984. The SMILES string of the molecule is Cc1ccc(N(CC(=O)Nc2cc(C(F)(F)F)ccc2Cl)S(C)(=O)=O)c(C)c1. The summed E-state index contributed by atoms with van der Waals surface area (Å²) in [6, 6.07) is 7.52. The number of hydrogen-bond acceptors (Lipinski definition) is 3. The molecule has 2 rings (SSSR count). The van der Waals surface area contributed by atoms with Crippen LogP contribution in [0, 0.1) is 13.8 Å². The highest BCUT2D eigenvalue weighted by molar-refractivity contribution is 7.92. The Labute approximate surface area is 166 Å². The summed E-state index contributed by atoms with van der Waals surface area (Å²) in [5, 5.41) is 2.15. The van der Waals surface area contributed by atoms with Crippen molar-refractivity contribution in [2.24, 2.45) is 0 Å². The van der Waals surface area contributed by atoms with E-state index < -0.39 is 34.2 Å². The van der Waals surface area contributed by atoms with Gasteiger partial charge in [0.2, 0.25) is 15.9 Å². The van der Waals surface area contributed by atoms with Gasteiger partial charge in [-0.05, 0) is 43.7 Å². The Morgan fingerprint density at radius 2 is 1.79 bits per heavy atom. The van der Waals surface area contributed by atoms with Crippen LogP contribution >= 0.6 is 11.6 Å². The van der Waals surface area contributed by atoms with Crippen LogP contribution in [0.25, 0.3) is 0 Å². The number of hydrogen-bond donors (Lipinski definition) is 1. The van der Waals surface area contributed by atoms with Gasteiger partial charge >= 0.3 is 6.18 Å². The van der Waals surface area contributed by atoms with Crippen molar-refractivity contribution in [3.8, 4) is 0 Å². The van der Waals surface area contributed by atoms with Crippen molar-refractivity contribution in [3.63, 3.8) is 0 Å². The molecule has 0 unspecified atom stereocenters. The van der Waals surface area contributed by atoms with Gasteiger partial charge in [0.05, 0.1) is 28.2 Å². The van der Waals surface area contributed by atoms with Crippen LogP contribution in [0.4, 0.5) is 24.5 Å². The number of carbonyl (C=O) groups is 1. The maximum Gasteiger partial charge on any atom is 0.416 e. The van der Waals surface area contributed by atoms with Gasteiger partial charge in [0.15, 0.2) is 0 Å². The monoisotopic (exact) mass is 434 g/mol. The number of nitrogens with zero attached hydrogens (tertiary/aromatic N) is 1. The molecule has 0 saturated carbocycles. The van der Waals surface area contributed by atoms with Gasteiger partial charge in [0, 0.05) is 0 Å². The average molecular weight is 435 g/mol. The third kappa shape index (κ3) is 5.39. The van der Waals surface area contributed by atoms with Gasteiger partial charge < -0.3 is 5.32 Å². The number of anilines is 2. The van der Waals surface area contributed by atoms with Gasteiger partial charge in [-0.25, -0.2) is 8.42 Å². The molecule has 1 N–H and O–H groups in total. The number of carbonyl (C=O) groups excluding carboxylic acids is 1.